The number of hydrogen-bond acceptors (Lipinski definition) is 2. The number of halogens is 3. The average molecular weight is 208 g/mol. The van der Waals surface area contributed by atoms with Crippen LogP contribution in [0.25, 0.3) is 0 Å². The summed E-state index contributed by atoms with van der Waals surface area (Å²) in [5, 5.41) is 8.95. The second kappa shape index (κ2) is 4.00. The Morgan fingerprint density at radius 1 is 1.38 bits per heavy atom. The highest BCUT2D eigenvalue weighted by molar-refractivity contribution is 6.30. The summed E-state index contributed by atoms with van der Waals surface area (Å²) >= 11 is 5.39. The molecule has 0 heterocycles. The van der Waals surface area contributed by atoms with Crippen LogP contribution in [0.3, 0.4) is 0 Å². The van der Waals surface area contributed by atoms with Gasteiger partial charge in [0.1, 0.15) is 11.6 Å². The highest BCUT2D eigenvalue weighted by atomic mass is 35.5. The number of nitrogens with two attached hydrogens (primary N) is 1. The third kappa shape index (κ3) is 2.15. The van der Waals surface area contributed by atoms with E-state index < -0.39 is 17.7 Å². The summed E-state index contributed by atoms with van der Waals surface area (Å²) in [7, 11) is 0. The second-order valence-electron chi connectivity index (χ2n) is 2.54. The van der Waals surface area contributed by atoms with Gasteiger partial charge in [0.25, 0.3) is 0 Å². The van der Waals surface area contributed by atoms with E-state index >= 15 is 0 Å². The molecule has 13 heavy (non-hydrogen) atoms. The smallest absolute Gasteiger partial charge is 0.144 e. The van der Waals surface area contributed by atoms with E-state index in [1.54, 1.807) is 0 Å². The maximum atomic E-state index is 13.0. The molecule has 0 aliphatic heterocycles. The SMILES string of the molecule is NCC(O)c1cc(Cl)c(F)cc1F. The maximum Gasteiger partial charge on any atom is 0.144 e. The Balaban J connectivity index is 3.15. The molecular formula is C8H8ClF2NO. The first kappa shape index (κ1) is 10.4. The summed E-state index contributed by atoms with van der Waals surface area (Å²) in [6, 6.07) is 1.65. The van der Waals surface area contributed by atoms with Crippen molar-refractivity contribution in [2.45, 2.75) is 6.10 Å². The summed E-state index contributed by atoms with van der Waals surface area (Å²) in [4.78, 5) is 0. The van der Waals surface area contributed by atoms with Crippen molar-refractivity contribution in [3.05, 3.63) is 34.4 Å². The zero-order valence-corrected chi connectivity index (χ0v) is 7.35. The molecule has 3 N–H and O–H groups in total. The Morgan fingerprint density at radius 3 is 2.54 bits per heavy atom. The van der Waals surface area contributed by atoms with Crippen molar-refractivity contribution in [1.82, 2.24) is 0 Å². The Morgan fingerprint density at radius 2 is 2.00 bits per heavy atom. The fraction of sp³-hybridized carbons (Fsp3) is 0.250. The predicted octanol–water partition coefficient (Wildman–Crippen LogP) is 1.61. The quantitative estimate of drug-likeness (QED) is 0.724. The van der Waals surface area contributed by atoms with Gasteiger partial charge in [-0.2, -0.15) is 0 Å². The van der Waals surface area contributed by atoms with Crippen LogP contribution in [0.15, 0.2) is 12.1 Å². The first-order valence-corrected chi connectivity index (χ1v) is 3.96. The molecular weight excluding hydrogens is 200 g/mol. The standard InChI is InChI=1S/C8H8ClF2NO/c9-5-1-4(8(13)3-12)6(10)2-7(5)11/h1-2,8,13H,3,12H2. The van der Waals surface area contributed by atoms with E-state index in [9.17, 15) is 13.9 Å². The zero-order valence-electron chi connectivity index (χ0n) is 6.60. The summed E-state index contributed by atoms with van der Waals surface area (Å²) < 4.78 is 25.6. The minimum absolute atomic E-state index is 0.0890. The summed E-state index contributed by atoms with van der Waals surface area (Å²) in [6.07, 6.45) is -1.15. The highest BCUT2D eigenvalue weighted by Crippen LogP contribution is 2.23. The van der Waals surface area contributed by atoms with Crippen LogP contribution in [0.2, 0.25) is 5.02 Å². The lowest BCUT2D eigenvalue weighted by molar-refractivity contribution is 0.181. The van der Waals surface area contributed by atoms with Crippen LogP contribution < -0.4 is 5.73 Å². The number of aliphatic hydroxyl groups is 1. The van der Waals surface area contributed by atoms with Crippen molar-refractivity contribution in [2.24, 2.45) is 5.73 Å². The van der Waals surface area contributed by atoms with Gasteiger partial charge in [0.15, 0.2) is 0 Å². The van der Waals surface area contributed by atoms with Crippen LogP contribution in [0.1, 0.15) is 11.7 Å². The van der Waals surface area contributed by atoms with Gasteiger partial charge in [-0.05, 0) is 6.07 Å². The van der Waals surface area contributed by atoms with Crippen LogP contribution in [-0.2, 0) is 0 Å². The van der Waals surface area contributed by atoms with Gasteiger partial charge in [-0.1, -0.05) is 11.6 Å². The van der Waals surface area contributed by atoms with Crippen molar-refractivity contribution < 1.29 is 13.9 Å². The molecule has 0 aromatic heterocycles. The largest absolute Gasteiger partial charge is 0.387 e. The lowest BCUT2D eigenvalue weighted by Gasteiger charge is -2.09. The lowest BCUT2D eigenvalue weighted by Crippen LogP contribution is -2.13. The predicted molar refractivity (Wildman–Crippen MR) is 45.4 cm³/mol. The van der Waals surface area contributed by atoms with E-state index in [0.29, 0.717) is 6.07 Å². The molecule has 1 aromatic rings. The summed E-state index contributed by atoms with van der Waals surface area (Å²) in [6.45, 7) is -0.140. The van der Waals surface area contributed by atoms with Crippen LogP contribution >= 0.6 is 11.6 Å². The lowest BCUT2D eigenvalue weighted by atomic mass is 10.1. The number of rotatable bonds is 2. The van der Waals surface area contributed by atoms with Gasteiger partial charge in [0.05, 0.1) is 11.1 Å². The molecule has 0 fully saturated rings. The second-order valence-corrected chi connectivity index (χ2v) is 2.95. The fourth-order valence-electron chi connectivity index (χ4n) is 0.920. The van der Waals surface area contributed by atoms with Crippen LogP contribution in [0, 0.1) is 11.6 Å². The molecule has 1 unspecified atom stereocenters. The molecule has 0 amide bonds. The van der Waals surface area contributed by atoms with E-state index in [1.165, 1.54) is 0 Å². The molecule has 0 bridgehead atoms. The van der Waals surface area contributed by atoms with Crippen molar-refractivity contribution >= 4 is 11.6 Å². The molecule has 1 aromatic carbocycles. The van der Waals surface area contributed by atoms with Gasteiger partial charge >= 0.3 is 0 Å². The van der Waals surface area contributed by atoms with E-state index in [0.717, 1.165) is 6.07 Å². The number of aliphatic hydroxyl groups excluding tert-OH is 1. The van der Waals surface area contributed by atoms with Gasteiger partial charge in [0, 0.05) is 18.2 Å². The highest BCUT2D eigenvalue weighted by Gasteiger charge is 2.14. The maximum absolute atomic E-state index is 13.0. The molecule has 0 radical (unpaired) electrons. The molecule has 72 valence electrons. The van der Waals surface area contributed by atoms with Crippen LogP contribution in [0.5, 0.6) is 0 Å². The summed E-state index contributed by atoms with van der Waals surface area (Å²) in [5.41, 5.74) is 5.02. The zero-order chi connectivity index (χ0) is 10.0. The van der Waals surface area contributed by atoms with Crippen molar-refractivity contribution in [3.63, 3.8) is 0 Å². The molecule has 0 aliphatic rings. The van der Waals surface area contributed by atoms with Crippen LogP contribution in [0.4, 0.5) is 8.78 Å². The molecule has 0 spiro atoms. The monoisotopic (exact) mass is 207 g/mol. The van der Waals surface area contributed by atoms with E-state index in [1.807, 2.05) is 0 Å². The van der Waals surface area contributed by atoms with Crippen molar-refractivity contribution in [2.75, 3.05) is 6.54 Å². The third-order valence-electron chi connectivity index (χ3n) is 1.62. The van der Waals surface area contributed by atoms with E-state index in [4.69, 9.17) is 17.3 Å². The minimum atomic E-state index is -1.15. The van der Waals surface area contributed by atoms with Gasteiger partial charge in [-0.3, -0.25) is 0 Å². The van der Waals surface area contributed by atoms with Gasteiger partial charge < -0.3 is 10.8 Å². The van der Waals surface area contributed by atoms with Crippen LogP contribution in [-0.4, -0.2) is 11.7 Å². The molecule has 0 aliphatic carbocycles. The topological polar surface area (TPSA) is 46.2 Å². The molecule has 0 saturated heterocycles. The molecule has 1 rings (SSSR count). The third-order valence-corrected chi connectivity index (χ3v) is 1.91. The first-order chi connectivity index (χ1) is 6.06. The normalized spacial score (nSPS) is 13.0. The average Bonchev–Trinajstić information content (AvgIpc) is 2.10. The molecule has 2 nitrogen and oxygen atoms in total. The van der Waals surface area contributed by atoms with Gasteiger partial charge in [-0.25, -0.2) is 8.78 Å². The molecule has 5 heteroatoms. The summed E-state index contributed by atoms with van der Waals surface area (Å²) in [5.74, 6) is -1.70. The van der Waals surface area contributed by atoms with Crippen molar-refractivity contribution in [3.8, 4) is 0 Å². The number of benzene rings is 1. The van der Waals surface area contributed by atoms with E-state index in [-0.39, 0.29) is 17.1 Å². The van der Waals surface area contributed by atoms with Gasteiger partial charge in [0.2, 0.25) is 0 Å². The Hall–Kier alpha value is -0.710. The fourth-order valence-corrected chi connectivity index (χ4v) is 1.09. The first-order valence-electron chi connectivity index (χ1n) is 3.59. The number of hydrogen-bond donors (Lipinski definition) is 2. The Labute approximate surface area is 78.9 Å². The van der Waals surface area contributed by atoms with Gasteiger partial charge in [-0.15, -0.1) is 0 Å². The minimum Gasteiger partial charge on any atom is -0.387 e. The van der Waals surface area contributed by atoms with Crippen molar-refractivity contribution in [1.29, 1.82) is 0 Å². The Kier molecular flexibility index (Phi) is 3.19. The van der Waals surface area contributed by atoms with E-state index in [2.05, 4.69) is 0 Å². The Bertz CT molecular complexity index is 319. The molecule has 0 saturated carbocycles. The molecule has 1 atom stereocenters.